The van der Waals surface area contributed by atoms with Gasteiger partial charge in [-0.2, -0.15) is 0 Å². The Hall–Kier alpha value is -2.74. The third-order valence-electron chi connectivity index (χ3n) is 5.32. The van der Waals surface area contributed by atoms with Crippen molar-refractivity contribution in [3.05, 3.63) is 46.5 Å². The Morgan fingerprint density at radius 1 is 1.12 bits per heavy atom. The van der Waals surface area contributed by atoms with E-state index < -0.39 is 0 Å². The topological polar surface area (TPSA) is 91.4 Å². The number of aromatic nitrogens is 1. The van der Waals surface area contributed by atoms with Crippen LogP contribution in [0.5, 0.6) is 0 Å². The van der Waals surface area contributed by atoms with Crippen LogP contribution < -0.4 is 10.6 Å². The van der Waals surface area contributed by atoms with Crippen molar-refractivity contribution in [2.45, 2.75) is 58.9 Å². The first-order valence-electron chi connectivity index (χ1n) is 11.3. The lowest BCUT2D eigenvalue weighted by Crippen LogP contribution is -2.36. The van der Waals surface area contributed by atoms with Crippen LogP contribution in [-0.2, 0) is 22.6 Å². The molecule has 2 N–H and O–H groups in total. The van der Waals surface area contributed by atoms with E-state index in [9.17, 15) is 14.4 Å². The van der Waals surface area contributed by atoms with Gasteiger partial charge in [-0.15, -0.1) is 0 Å². The lowest BCUT2D eigenvalue weighted by atomic mass is 10.1. The quantitative estimate of drug-likeness (QED) is 0.529. The van der Waals surface area contributed by atoms with Gasteiger partial charge in [0.1, 0.15) is 0 Å². The van der Waals surface area contributed by atoms with Crippen LogP contribution in [0.25, 0.3) is 0 Å². The lowest BCUT2D eigenvalue weighted by molar-refractivity contribution is -0.132. The number of rotatable bonds is 10. The van der Waals surface area contributed by atoms with Gasteiger partial charge in [-0.3, -0.25) is 14.4 Å². The van der Waals surface area contributed by atoms with Crippen molar-refractivity contribution in [3.8, 4) is 0 Å². The average molecular weight is 457 g/mol. The van der Waals surface area contributed by atoms with Gasteiger partial charge >= 0.3 is 0 Å². The molecule has 3 amide bonds. The van der Waals surface area contributed by atoms with Crippen LogP contribution in [0.15, 0.2) is 30.3 Å². The Bertz CT molecular complexity index is 927. The molecule has 0 unspecified atom stereocenters. The first-order valence-corrected chi connectivity index (χ1v) is 12.1. The summed E-state index contributed by atoms with van der Waals surface area (Å²) in [5, 5.41) is 6.42. The number of benzene rings is 1. The highest BCUT2D eigenvalue weighted by Crippen LogP contribution is 2.29. The molecule has 0 saturated carbocycles. The first kappa shape index (κ1) is 23.9. The summed E-state index contributed by atoms with van der Waals surface area (Å²) in [7, 11) is 0. The highest BCUT2D eigenvalue weighted by atomic mass is 32.1. The summed E-state index contributed by atoms with van der Waals surface area (Å²) in [5.74, 6) is 0.419. The molecule has 0 spiro atoms. The van der Waals surface area contributed by atoms with Crippen LogP contribution in [-0.4, -0.2) is 40.7 Å². The monoisotopic (exact) mass is 456 g/mol. The fourth-order valence-electron chi connectivity index (χ4n) is 3.60. The van der Waals surface area contributed by atoms with Crippen LogP contribution in [0, 0.1) is 5.92 Å². The third kappa shape index (κ3) is 7.15. The Morgan fingerprint density at radius 2 is 1.91 bits per heavy atom. The molecule has 3 rings (SSSR count). The molecule has 1 aromatic heterocycles. The molecule has 32 heavy (non-hydrogen) atoms. The van der Waals surface area contributed by atoms with E-state index >= 15 is 0 Å². The predicted molar refractivity (Wildman–Crippen MR) is 127 cm³/mol. The molecule has 172 valence electrons. The zero-order valence-corrected chi connectivity index (χ0v) is 19.7. The summed E-state index contributed by atoms with van der Waals surface area (Å²) in [5.41, 5.74) is 1.65. The van der Waals surface area contributed by atoms with Gasteiger partial charge in [0.2, 0.25) is 11.8 Å². The maximum absolute atomic E-state index is 12.3. The molecule has 0 atom stereocenters. The van der Waals surface area contributed by atoms with Crippen LogP contribution in [0.2, 0.25) is 0 Å². The zero-order chi connectivity index (χ0) is 22.9. The lowest BCUT2D eigenvalue weighted by Gasteiger charge is -2.26. The molecule has 2 heterocycles. The number of nitrogens with one attached hydrogen (secondary N) is 2. The number of amides is 3. The molecule has 0 aliphatic carbocycles. The number of nitrogens with zero attached hydrogens (tertiary/aromatic N) is 2. The SMILES string of the molecule is CC(C)CC(=O)N1CCc2nc(NC(=O)CCCCCNC(=O)c3ccccc3)sc2C1. The Balaban J connectivity index is 1.33. The van der Waals surface area contributed by atoms with Crippen molar-refractivity contribution in [2.75, 3.05) is 18.4 Å². The largest absolute Gasteiger partial charge is 0.352 e. The molecular formula is C24H32N4O3S. The summed E-state index contributed by atoms with van der Waals surface area (Å²) in [6, 6.07) is 9.14. The zero-order valence-electron chi connectivity index (χ0n) is 18.9. The minimum Gasteiger partial charge on any atom is -0.352 e. The number of hydrogen-bond donors (Lipinski definition) is 2. The molecule has 2 aromatic rings. The molecule has 0 fully saturated rings. The van der Waals surface area contributed by atoms with E-state index in [4.69, 9.17) is 0 Å². The maximum atomic E-state index is 12.3. The van der Waals surface area contributed by atoms with Gasteiger partial charge in [0.15, 0.2) is 5.13 Å². The van der Waals surface area contributed by atoms with Crippen molar-refractivity contribution in [1.82, 2.24) is 15.2 Å². The standard InChI is InChI=1S/C24H32N4O3S/c1-17(2)15-22(30)28-14-12-19-20(16-28)32-24(26-19)27-21(29)11-7-4-8-13-25-23(31)18-9-5-3-6-10-18/h3,5-6,9-10,17H,4,7-8,11-16H2,1-2H3,(H,25,31)(H,26,27,29). The minimum absolute atomic E-state index is 0.0443. The molecule has 1 aromatic carbocycles. The maximum Gasteiger partial charge on any atom is 0.251 e. The molecule has 1 aliphatic rings. The highest BCUT2D eigenvalue weighted by molar-refractivity contribution is 7.15. The van der Waals surface area contributed by atoms with Gasteiger partial charge in [0.05, 0.1) is 12.2 Å². The van der Waals surface area contributed by atoms with E-state index in [1.807, 2.05) is 36.9 Å². The van der Waals surface area contributed by atoms with Crippen LogP contribution in [0.3, 0.4) is 0 Å². The average Bonchev–Trinajstić information content (AvgIpc) is 3.17. The molecule has 8 heteroatoms. The van der Waals surface area contributed by atoms with Gasteiger partial charge < -0.3 is 15.5 Å². The number of carbonyl (C=O) groups excluding carboxylic acids is 3. The number of unbranched alkanes of at least 4 members (excludes halogenated alkanes) is 2. The molecule has 0 radical (unpaired) electrons. The second-order valence-electron chi connectivity index (χ2n) is 8.53. The smallest absolute Gasteiger partial charge is 0.251 e. The third-order valence-corrected chi connectivity index (χ3v) is 6.31. The molecule has 0 saturated heterocycles. The summed E-state index contributed by atoms with van der Waals surface area (Å²) in [4.78, 5) is 44.1. The van der Waals surface area contributed by atoms with Gasteiger partial charge in [0.25, 0.3) is 5.91 Å². The predicted octanol–water partition coefficient (Wildman–Crippen LogP) is 4.00. The van der Waals surface area contributed by atoms with Gasteiger partial charge in [-0.05, 0) is 30.9 Å². The van der Waals surface area contributed by atoms with Crippen LogP contribution in [0.1, 0.15) is 66.9 Å². The molecule has 7 nitrogen and oxygen atoms in total. The van der Waals surface area contributed by atoms with Crippen molar-refractivity contribution >= 4 is 34.2 Å². The van der Waals surface area contributed by atoms with Crippen molar-refractivity contribution in [1.29, 1.82) is 0 Å². The number of anilines is 1. The van der Waals surface area contributed by atoms with E-state index in [0.29, 0.717) is 49.1 Å². The highest BCUT2D eigenvalue weighted by Gasteiger charge is 2.24. The van der Waals surface area contributed by atoms with Crippen molar-refractivity contribution < 1.29 is 14.4 Å². The number of carbonyl (C=O) groups is 3. The van der Waals surface area contributed by atoms with Crippen molar-refractivity contribution in [3.63, 3.8) is 0 Å². The molecule has 1 aliphatic heterocycles. The van der Waals surface area contributed by atoms with E-state index in [2.05, 4.69) is 15.6 Å². The Labute approximate surface area is 193 Å². The summed E-state index contributed by atoms with van der Waals surface area (Å²) in [6.07, 6.45) is 4.18. The second kappa shape index (κ2) is 11.8. The van der Waals surface area contributed by atoms with Gasteiger partial charge in [0, 0.05) is 42.8 Å². The summed E-state index contributed by atoms with van der Waals surface area (Å²) >= 11 is 1.47. The number of fused-ring (bicyclic) bond motifs is 1. The van der Waals surface area contributed by atoms with Gasteiger partial charge in [-0.25, -0.2) is 4.98 Å². The minimum atomic E-state index is -0.0689. The normalized spacial score (nSPS) is 13.0. The fourth-order valence-corrected chi connectivity index (χ4v) is 4.64. The fraction of sp³-hybridized carbons (Fsp3) is 0.500. The van der Waals surface area contributed by atoms with E-state index in [1.165, 1.54) is 11.3 Å². The Kier molecular flexibility index (Phi) is 8.79. The number of hydrogen-bond acceptors (Lipinski definition) is 5. The summed E-state index contributed by atoms with van der Waals surface area (Å²) in [6.45, 7) is 5.98. The van der Waals surface area contributed by atoms with E-state index in [-0.39, 0.29) is 17.7 Å². The van der Waals surface area contributed by atoms with Crippen LogP contribution >= 0.6 is 11.3 Å². The summed E-state index contributed by atoms with van der Waals surface area (Å²) < 4.78 is 0. The second-order valence-corrected chi connectivity index (χ2v) is 9.62. The van der Waals surface area contributed by atoms with Crippen molar-refractivity contribution in [2.24, 2.45) is 5.92 Å². The van der Waals surface area contributed by atoms with Crippen LogP contribution in [0.4, 0.5) is 5.13 Å². The first-order chi connectivity index (χ1) is 15.4. The van der Waals surface area contributed by atoms with Gasteiger partial charge in [-0.1, -0.05) is 49.8 Å². The Morgan fingerprint density at radius 3 is 2.66 bits per heavy atom. The molecule has 0 bridgehead atoms. The number of thiazole rings is 1. The van der Waals surface area contributed by atoms with E-state index in [0.717, 1.165) is 36.3 Å². The molecular weight excluding hydrogens is 424 g/mol. The van der Waals surface area contributed by atoms with E-state index in [1.54, 1.807) is 12.1 Å².